The standard InChI is InChI=1S/C16H14N4O4S/c1-23-12-7-8-13(14(9-12)24-2)15-17-18-16(25)19(15)10-3-5-11(6-4-10)20(21)22/h3-9H,1-2H3,(H,18,25). The molecule has 3 aromatic rings. The van der Waals surface area contributed by atoms with Gasteiger partial charge < -0.3 is 9.47 Å². The molecule has 128 valence electrons. The summed E-state index contributed by atoms with van der Waals surface area (Å²) in [5.41, 5.74) is 1.36. The Morgan fingerprint density at radius 2 is 1.88 bits per heavy atom. The van der Waals surface area contributed by atoms with Gasteiger partial charge in [-0.3, -0.25) is 19.8 Å². The Balaban J connectivity index is 2.15. The number of H-pyrrole nitrogens is 1. The van der Waals surface area contributed by atoms with Crippen molar-refractivity contribution in [2.75, 3.05) is 14.2 Å². The summed E-state index contributed by atoms with van der Waals surface area (Å²) >= 11 is 5.31. The molecule has 1 heterocycles. The van der Waals surface area contributed by atoms with Crippen molar-refractivity contribution < 1.29 is 14.4 Å². The number of nitrogens with zero attached hydrogens (tertiary/aromatic N) is 3. The average Bonchev–Trinajstić information content (AvgIpc) is 3.02. The van der Waals surface area contributed by atoms with Crippen molar-refractivity contribution in [2.24, 2.45) is 0 Å². The molecule has 0 bridgehead atoms. The molecule has 0 aliphatic heterocycles. The molecule has 0 aliphatic carbocycles. The van der Waals surface area contributed by atoms with Crippen LogP contribution in [0, 0.1) is 14.9 Å². The van der Waals surface area contributed by atoms with Crippen LogP contribution >= 0.6 is 12.2 Å². The first-order valence-corrected chi connectivity index (χ1v) is 7.60. The lowest BCUT2D eigenvalue weighted by molar-refractivity contribution is -0.384. The van der Waals surface area contributed by atoms with Gasteiger partial charge in [-0.05, 0) is 36.5 Å². The first-order chi connectivity index (χ1) is 12.0. The molecule has 2 aromatic carbocycles. The molecule has 1 aromatic heterocycles. The molecule has 0 amide bonds. The lowest BCUT2D eigenvalue weighted by Gasteiger charge is -2.11. The van der Waals surface area contributed by atoms with Gasteiger partial charge in [-0.15, -0.1) is 0 Å². The third kappa shape index (κ3) is 3.09. The lowest BCUT2D eigenvalue weighted by atomic mass is 10.1. The molecule has 0 atom stereocenters. The summed E-state index contributed by atoms with van der Waals surface area (Å²) in [5, 5.41) is 17.9. The first kappa shape index (κ1) is 16.7. The molecular formula is C16H14N4O4S. The highest BCUT2D eigenvalue weighted by Crippen LogP contribution is 2.33. The van der Waals surface area contributed by atoms with Gasteiger partial charge in [0.05, 0.1) is 30.4 Å². The number of methoxy groups -OCH3 is 2. The Morgan fingerprint density at radius 3 is 2.48 bits per heavy atom. The minimum Gasteiger partial charge on any atom is -0.497 e. The van der Waals surface area contributed by atoms with Crippen LogP contribution in [0.25, 0.3) is 17.1 Å². The topological polar surface area (TPSA) is 95.2 Å². The number of aromatic nitrogens is 3. The number of nitro groups is 1. The highest BCUT2D eigenvalue weighted by Gasteiger charge is 2.16. The number of nitrogens with one attached hydrogen (secondary N) is 1. The zero-order valence-electron chi connectivity index (χ0n) is 13.4. The van der Waals surface area contributed by atoms with Crippen molar-refractivity contribution in [3.8, 4) is 28.6 Å². The smallest absolute Gasteiger partial charge is 0.269 e. The summed E-state index contributed by atoms with van der Waals surface area (Å²) in [7, 11) is 3.12. The highest BCUT2D eigenvalue weighted by atomic mass is 32.1. The fraction of sp³-hybridized carbons (Fsp3) is 0.125. The van der Waals surface area contributed by atoms with Gasteiger partial charge in [-0.2, -0.15) is 5.10 Å². The average molecular weight is 358 g/mol. The van der Waals surface area contributed by atoms with Crippen LogP contribution in [0.1, 0.15) is 0 Å². The Morgan fingerprint density at radius 1 is 1.16 bits per heavy atom. The van der Waals surface area contributed by atoms with Gasteiger partial charge in [0, 0.05) is 18.2 Å². The van der Waals surface area contributed by atoms with Crippen molar-refractivity contribution in [3.63, 3.8) is 0 Å². The maximum absolute atomic E-state index is 10.8. The zero-order valence-corrected chi connectivity index (χ0v) is 14.2. The third-order valence-electron chi connectivity index (χ3n) is 3.64. The van der Waals surface area contributed by atoms with Gasteiger partial charge in [-0.1, -0.05) is 0 Å². The summed E-state index contributed by atoms with van der Waals surface area (Å²) in [4.78, 5) is 10.4. The second kappa shape index (κ2) is 6.73. The summed E-state index contributed by atoms with van der Waals surface area (Å²) in [6.07, 6.45) is 0. The fourth-order valence-corrected chi connectivity index (χ4v) is 2.66. The normalized spacial score (nSPS) is 10.5. The largest absolute Gasteiger partial charge is 0.497 e. The number of rotatable bonds is 5. The van der Waals surface area contributed by atoms with Gasteiger partial charge in [0.25, 0.3) is 5.69 Å². The maximum atomic E-state index is 10.8. The summed E-state index contributed by atoms with van der Waals surface area (Å²) in [6, 6.07) is 11.4. The van der Waals surface area contributed by atoms with E-state index in [0.29, 0.717) is 33.3 Å². The van der Waals surface area contributed by atoms with E-state index in [1.54, 1.807) is 43.1 Å². The van der Waals surface area contributed by atoms with E-state index >= 15 is 0 Å². The van der Waals surface area contributed by atoms with Gasteiger partial charge in [-0.25, -0.2) is 0 Å². The number of aromatic amines is 1. The van der Waals surface area contributed by atoms with Crippen LogP contribution < -0.4 is 9.47 Å². The van der Waals surface area contributed by atoms with E-state index in [0.717, 1.165) is 0 Å². The van der Waals surface area contributed by atoms with Crippen LogP contribution in [0.2, 0.25) is 0 Å². The van der Waals surface area contributed by atoms with Gasteiger partial charge in [0.15, 0.2) is 10.6 Å². The van der Waals surface area contributed by atoms with Crippen molar-refractivity contribution >= 4 is 17.9 Å². The van der Waals surface area contributed by atoms with Crippen LogP contribution in [0.5, 0.6) is 11.5 Å². The van der Waals surface area contributed by atoms with Crippen molar-refractivity contribution in [1.29, 1.82) is 0 Å². The van der Waals surface area contributed by atoms with Gasteiger partial charge >= 0.3 is 0 Å². The second-order valence-corrected chi connectivity index (χ2v) is 5.41. The molecule has 0 radical (unpaired) electrons. The zero-order chi connectivity index (χ0) is 18.0. The number of hydrogen-bond acceptors (Lipinski definition) is 6. The maximum Gasteiger partial charge on any atom is 0.269 e. The van der Waals surface area contributed by atoms with Crippen LogP contribution in [0.15, 0.2) is 42.5 Å². The predicted molar refractivity (Wildman–Crippen MR) is 93.9 cm³/mol. The van der Waals surface area contributed by atoms with Crippen LogP contribution in [-0.2, 0) is 0 Å². The van der Waals surface area contributed by atoms with E-state index in [-0.39, 0.29) is 5.69 Å². The Labute approximate surface area is 147 Å². The molecule has 0 saturated heterocycles. The van der Waals surface area contributed by atoms with Crippen LogP contribution in [-0.4, -0.2) is 33.9 Å². The SMILES string of the molecule is COc1ccc(-c2n[nH]c(=S)n2-c2ccc([N+](=O)[O-])cc2)c(OC)c1. The molecule has 0 aliphatic rings. The monoisotopic (exact) mass is 358 g/mol. The van der Waals surface area contributed by atoms with Gasteiger partial charge in [0.1, 0.15) is 11.5 Å². The van der Waals surface area contributed by atoms with E-state index in [9.17, 15) is 10.1 Å². The minimum absolute atomic E-state index is 0.00217. The van der Waals surface area contributed by atoms with E-state index in [4.69, 9.17) is 21.7 Å². The lowest BCUT2D eigenvalue weighted by Crippen LogP contribution is -2.00. The van der Waals surface area contributed by atoms with Crippen molar-refractivity contribution in [2.45, 2.75) is 0 Å². The van der Waals surface area contributed by atoms with Crippen molar-refractivity contribution in [1.82, 2.24) is 14.8 Å². The van der Waals surface area contributed by atoms with E-state index in [2.05, 4.69) is 10.2 Å². The summed E-state index contributed by atoms with van der Waals surface area (Å²) < 4.78 is 12.7. The highest BCUT2D eigenvalue weighted by molar-refractivity contribution is 7.71. The number of non-ortho nitro benzene ring substituents is 1. The molecule has 3 rings (SSSR count). The quantitative estimate of drug-likeness (QED) is 0.426. The molecule has 0 spiro atoms. The molecule has 0 unspecified atom stereocenters. The fourth-order valence-electron chi connectivity index (χ4n) is 2.42. The molecule has 25 heavy (non-hydrogen) atoms. The van der Waals surface area contributed by atoms with Crippen molar-refractivity contribution in [3.05, 3.63) is 57.3 Å². The predicted octanol–water partition coefficient (Wildman–Crippen LogP) is 3.52. The second-order valence-electron chi connectivity index (χ2n) is 5.03. The number of ether oxygens (including phenoxy) is 2. The van der Waals surface area contributed by atoms with Crippen LogP contribution in [0.3, 0.4) is 0 Å². The number of hydrogen-bond donors (Lipinski definition) is 1. The molecular weight excluding hydrogens is 344 g/mol. The molecule has 0 fully saturated rings. The Kier molecular flexibility index (Phi) is 4.48. The van der Waals surface area contributed by atoms with E-state index < -0.39 is 4.92 Å². The third-order valence-corrected chi connectivity index (χ3v) is 3.91. The minimum atomic E-state index is -0.453. The number of nitro benzene ring substituents is 1. The van der Waals surface area contributed by atoms with Gasteiger partial charge in [0.2, 0.25) is 0 Å². The molecule has 9 heteroatoms. The van der Waals surface area contributed by atoms with E-state index in [1.807, 2.05) is 6.07 Å². The van der Waals surface area contributed by atoms with E-state index in [1.165, 1.54) is 12.1 Å². The molecule has 0 saturated carbocycles. The number of benzene rings is 2. The van der Waals surface area contributed by atoms with Crippen LogP contribution in [0.4, 0.5) is 5.69 Å². The Bertz CT molecular complexity index is 979. The summed E-state index contributed by atoms with van der Waals surface area (Å²) in [6.45, 7) is 0. The summed E-state index contributed by atoms with van der Waals surface area (Å²) in [5.74, 6) is 1.74. The molecule has 8 nitrogen and oxygen atoms in total. The first-order valence-electron chi connectivity index (χ1n) is 7.20. The Hall–Kier alpha value is -3.20. The molecule has 1 N–H and O–H groups in total.